The first-order chi connectivity index (χ1) is 7.79. The lowest BCUT2D eigenvalue weighted by Gasteiger charge is -2.24. The minimum atomic E-state index is 0.111. The molecule has 1 N–H and O–H groups in total. The molecular formula is C13H19NO2. The summed E-state index contributed by atoms with van der Waals surface area (Å²) in [6.45, 7) is 5.06. The summed E-state index contributed by atoms with van der Waals surface area (Å²) in [7, 11) is 0. The fourth-order valence-electron chi connectivity index (χ4n) is 2.04. The van der Waals surface area contributed by atoms with Gasteiger partial charge in [-0.2, -0.15) is 0 Å². The molecule has 1 aromatic carbocycles. The third-order valence-electron chi connectivity index (χ3n) is 2.94. The molecule has 0 amide bonds. The van der Waals surface area contributed by atoms with E-state index < -0.39 is 0 Å². The molecule has 0 spiro atoms. The van der Waals surface area contributed by atoms with E-state index >= 15 is 0 Å². The summed E-state index contributed by atoms with van der Waals surface area (Å²) in [5.41, 5.74) is 2.18. The molecule has 0 aromatic heterocycles. The summed E-state index contributed by atoms with van der Waals surface area (Å²) in [6.07, 6.45) is 1.37. The van der Waals surface area contributed by atoms with Crippen LogP contribution in [0.2, 0.25) is 0 Å². The number of aliphatic hydroxyl groups is 1. The highest BCUT2D eigenvalue weighted by molar-refractivity contribution is 5.47. The van der Waals surface area contributed by atoms with E-state index in [1.807, 2.05) is 12.1 Å². The Labute approximate surface area is 96.6 Å². The van der Waals surface area contributed by atoms with Crippen LogP contribution in [-0.2, 0) is 11.3 Å². The Kier molecular flexibility index (Phi) is 3.80. The fourth-order valence-corrected chi connectivity index (χ4v) is 2.04. The third kappa shape index (κ3) is 2.74. The molecule has 88 valence electrons. The maximum absolute atomic E-state index is 8.99. The Bertz CT molecular complexity index is 323. The number of benzene rings is 1. The molecule has 3 nitrogen and oxygen atoms in total. The van der Waals surface area contributed by atoms with Crippen LogP contribution in [0.3, 0.4) is 0 Å². The predicted octanol–water partition coefficient (Wildman–Crippen LogP) is 1.79. The molecule has 0 bridgehead atoms. The van der Waals surface area contributed by atoms with Gasteiger partial charge in [0.15, 0.2) is 0 Å². The fraction of sp³-hybridized carbons (Fsp3) is 0.538. The normalized spacial score (nSPS) is 21.9. The van der Waals surface area contributed by atoms with E-state index in [1.165, 1.54) is 5.69 Å². The van der Waals surface area contributed by atoms with Crippen molar-refractivity contribution in [2.75, 3.05) is 24.6 Å². The summed E-state index contributed by atoms with van der Waals surface area (Å²) < 4.78 is 5.62. The summed E-state index contributed by atoms with van der Waals surface area (Å²) in [6, 6.07) is 8.10. The van der Waals surface area contributed by atoms with Crippen molar-refractivity contribution in [1.29, 1.82) is 0 Å². The summed E-state index contributed by atoms with van der Waals surface area (Å²) in [5.74, 6) is 0. The van der Waals surface area contributed by atoms with Crippen molar-refractivity contribution in [2.45, 2.75) is 26.1 Å². The minimum absolute atomic E-state index is 0.111. The minimum Gasteiger partial charge on any atom is -0.392 e. The Hall–Kier alpha value is -1.06. The smallest absolute Gasteiger partial charge is 0.0721 e. The number of aliphatic hydroxyl groups excluding tert-OH is 1. The molecule has 3 heteroatoms. The maximum atomic E-state index is 8.99. The van der Waals surface area contributed by atoms with Crippen LogP contribution in [0, 0.1) is 0 Å². The molecular weight excluding hydrogens is 202 g/mol. The Morgan fingerprint density at radius 2 is 2.12 bits per heavy atom. The van der Waals surface area contributed by atoms with Crippen LogP contribution in [-0.4, -0.2) is 30.9 Å². The second kappa shape index (κ2) is 5.32. The van der Waals surface area contributed by atoms with Gasteiger partial charge in [-0.3, -0.25) is 0 Å². The standard InChI is InChI=1S/C13H19NO2/c1-11-9-14(7-2-8-16-11)13-5-3-12(10-15)4-6-13/h3-6,11,15H,2,7-10H2,1H3. The third-order valence-corrected chi connectivity index (χ3v) is 2.94. The molecule has 1 unspecified atom stereocenters. The van der Waals surface area contributed by atoms with E-state index in [0.717, 1.165) is 31.7 Å². The van der Waals surface area contributed by atoms with Gasteiger partial charge in [-0.25, -0.2) is 0 Å². The van der Waals surface area contributed by atoms with Gasteiger partial charge in [0.25, 0.3) is 0 Å². The largest absolute Gasteiger partial charge is 0.392 e. The van der Waals surface area contributed by atoms with Crippen molar-refractivity contribution in [2.24, 2.45) is 0 Å². The van der Waals surface area contributed by atoms with Crippen molar-refractivity contribution in [3.63, 3.8) is 0 Å². The van der Waals surface area contributed by atoms with E-state index in [4.69, 9.17) is 9.84 Å². The number of rotatable bonds is 2. The van der Waals surface area contributed by atoms with Gasteiger partial charge in [-0.05, 0) is 31.0 Å². The number of hydrogen-bond donors (Lipinski definition) is 1. The number of ether oxygens (including phenoxy) is 1. The quantitative estimate of drug-likeness (QED) is 0.826. The zero-order valence-electron chi connectivity index (χ0n) is 9.72. The van der Waals surface area contributed by atoms with Crippen LogP contribution in [0.1, 0.15) is 18.9 Å². The van der Waals surface area contributed by atoms with Crippen molar-refractivity contribution in [3.8, 4) is 0 Å². The highest BCUT2D eigenvalue weighted by atomic mass is 16.5. The van der Waals surface area contributed by atoms with Crippen LogP contribution in [0.15, 0.2) is 24.3 Å². The summed E-state index contributed by atoms with van der Waals surface area (Å²) in [4.78, 5) is 2.35. The highest BCUT2D eigenvalue weighted by Crippen LogP contribution is 2.18. The molecule has 0 radical (unpaired) electrons. The zero-order chi connectivity index (χ0) is 11.4. The van der Waals surface area contributed by atoms with Crippen LogP contribution < -0.4 is 4.90 Å². The molecule has 1 aliphatic rings. The molecule has 2 rings (SSSR count). The lowest BCUT2D eigenvalue weighted by molar-refractivity contribution is 0.0821. The van der Waals surface area contributed by atoms with Crippen LogP contribution >= 0.6 is 0 Å². The monoisotopic (exact) mass is 221 g/mol. The summed E-state index contributed by atoms with van der Waals surface area (Å²) in [5, 5.41) is 8.99. The lowest BCUT2D eigenvalue weighted by Crippen LogP contribution is -2.29. The molecule has 1 heterocycles. The molecule has 1 fully saturated rings. The number of hydrogen-bond acceptors (Lipinski definition) is 3. The lowest BCUT2D eigenvalue weighted by atomic mass is 10.2. The number of nitrogens with zero attached hydrogens (tertiary/aromatic N) is 1. The summed E-state index contributed by atoms with van der Waals surface area (Å²) >= 11 is 0. The SMILES string of the molecule is CC1CN(c2ccc(CO)cc2)CCCO1. The first-order valence-electron chi connectivity index (χ1n) is 5.86. The van der Waals surface area contributed by atoms with E-state index in [1.54, 1.807) is 0 Å². The Morgan fingerprint density at radius 3 is 2.81 bits per heavy atom. The van der Waals surface area contributed by atoms with Gasteiger partial charge >= 0.3 is 0 Å². The van der Waals surface area contributed by atoms with Crippen LogP contribution in [0.4, 0.5) is 5.69 Å². The van der Waals surface area contributed by atoms with Crippen molar-refractivity contribution in [1.82, 2.24) is 0 Å². The number of anilines is 1. The van der Waals surface area contributed by atoms with E-state index in [2.05, 4.69) is 24.0 Å². The topological polar surface area (TPSA) is 32.7 Å². The average Bonchev–Trinajstić information content (AvgIpc) is 2.54. The molecule has 1 saturated heterocycles. The van der Waals surface area contributed by atoms with Crippen molar-refractivity contribution < 1.29 is 9.84 Å². The Balaban J connectivity index is 2.09. The molecule has 1 atom stereocenters. The van der Waals surface area contributed by atoms with Gasteiger partial charge in [0.1, 0.15) is 0 Å². The molecule has 0 saturated carbocycles. The first-order valence-corrected chi connectivity index (χ1v) is 5.86. The second-order valence-corrected chi connectivity index (χ2v) is 4.31. The molecule has 1 aromatic rings. The van der Waals surface area contributed by atoms with E-state index in [9.17, 15) is 0 Å². The molecule has 16 heavy (non-hydrogen) atoms. The predicted molar refractivity (Wildman–Crippen MR) is 64.6 cm³/mol. The van der Waals surface area contributed by atoms with Crippen LogP contribution in [0.25, 0.3) is 0 Å². The van der Waals surface area contributed by atoms with Gasteiger partial charge in [0, 0.05) is 25.4 Å². The van der Waals surface area contributed by atoms with Crippen molar-refractivity contribution in [3.05, 3.63) is 29.8 Å². The van der Waals surface area contributed by atoms with Crippen molar-refractivity contribution >= 4 is 5.69 Å². The maximum Gasteiger partial charge on any atom is 0.0721 e. The van der Waals surface area contributed by atoms with Gasteiger partial charge in [-0.15, -0.1) is 0 Å². The van der Waals surface area contributed by atoms with Gasteiger partial charge in [0.2, 0.25) is 0 Å². The molecule has 0 aliphatic carbocycles. The average molecular weight is 221 g/mol. The van der Waals surface area contributed by atoms with E-state index in [-0.39, 0.29) is 6.61 Å². The highest BCUT2D eigenvalue weighted by Gasteiger charge is 2.14. The van der Waals surface area contributed by atoms with Gasteiger partial charge < -0.3 is 14.7 Å². The second-order valence-electron chi connectivity index (χ2n) is 4.31. The van der Waals surface area contributed by atoms with Crippen LogP contribution in [0.5, 0.6) is 0 Å². The first kappa shape index (κ1) is 11.4. The Morgan fingerprint density at radius 1 is 1.38 bits per heavy atom. The zero-order valence-corrected chi connectivity index (χ0v) is 9.72. The molecule has 1 aliphatic heterocycles. The van der Waals surface area contributed by atoms with Gasteiger partial charge in [0.05, 0.1) is 12.7 Å². The van der Waals surface area contributed by atoms with Gasteiger partial charge in [-0.1, -0.05) is 12.1 Å². The van der Waals surface area contributed by atoms with E-state index in [0.29, 0.717) is 6.10 Å².